The summed E-state index contributed by atoms with van der Waals surface area (Å²) in [5, 5.41) is 15.1. The Kier molecular flexibility index (Phi) is 4.55. The molecule has 1 aromatic heterocycles. The van der Waals surface area contributed by atoms with E-state index < -0.39 is 25.5 Å². The van der Waals surface area contributed by atoms with E-state index in [9.17, 15) is 18.5 Å². The van der Waals surface area contributed by atoms with Crippen LogP contribution in [0.3, 0.4) is 0 Å². The maximum absolute atomic E-state index is 12.8. The molecule has 2 aromatic carbocycles. The minimum absolute atomic E-state index is 0.245. The van der Waals surface area contributed by atoms with Gasteiger partial charge in [-0.2, -0.15) is 4.98 Å². The monoisotopic (exact) mass is 400 g/mol. The van der Waals surface area contributed by atoms with Crippen molar-refractivity contribution in [1.29, 1.82) is 0 Å². The number of nitrogens with one attached hydrogen (secondary N) is 1. The number of nitrogens with zero attached hydrogens (tertiary/aromatic N) is 3. The van der Waals surface area contributed by atoms with E-state index in [-0.39, 0.29) is 6.42 Å². The van der Waals surface area contributed by atoms with Crippen LogP contribution in [-0.2, 0) is 16.4 Å². The van der Waals surface area contributed by atoms with Crippen molar-refractivity contribution in [3.05, 3.63) is 75.9 Å². The van der Waals surface area contributed by atoms with Crippen molar-refractivity contribution >= 4 is 21.4 Å². The SMILES string of the molecule is O=[N+]([O-])c1ccccc1S(=O)(=O)Nc1ccccc1Cc1nc(C2CC2)no1. The minimum Gasteiger partial charge on any atom is -0.339 e. The van der Waals surface area contributed by atoms with Crippen LogP contribution in [0.1, 0.15) is 36.0 Å². The van der Waals surface area contributed by atoms with E-state index in [2.05, 4.69) is 14.9 Å². The molecule has 1 fully saturated rings. The molecular weight excluding hydrogens is 384 g/mol. The highest BCUT2D eigenvalue weighted by Gasteiger charge is 2.29. The summed E-state index contributed by atoms with van der Waals surface area (Å²) in [6.45, 7) is 0. The molecule has 28 heavy (non-hydrogen) atoms. The molecule has 1 heterocycles. The van der Waals surface area contributed by atoms with Gasteiger partial charge in [0, 0.05) is 12.0 Å². The Morgan fingerprint density at radius 1 is 1.14 bits per heavy atom. The van der Waals surface area contributed by atoms with E-state index in [1.165, 1.54) is 18.2 Å². The predicted molar refractivity (Wildman–Crippen MR) is 99.4 cm³/mol. The molecule has 0 radical (unpaired) electrons. The number of rotatable bonds is 7. The quantitative estimate of drug-likeness (QED) is 0.476. The molecule has 1 saturated carbocycles. The Balaban J connectivity index is 1.62. The Bertz CT molecular complexity index is 1140. The van der Waals surface area contributed by atoms with E-state index in [0.29, 0.717) is 28.9 Å². The molecule has 1 N–H and O–H groups in total. The molecule has 144 valence electrons. The van der Waals surface area contributed by atoms with Gasteiger partial charge >= 0.3 is 0 Å². The van der Waals surface area contributed by atoms with Crippen LogP contribution in [-0.4, -0.2) is 23.5 Å². The van der Waals surface area contributed by atoms with E-state index >= 15 is 0 Å². The Hall–Kier alpha value is -3.27. The van der Waals surface area contributed by atoms with Crippen molar-refractivity contribution in [1.82, 2.24) is 10.1 Å². The van der Waals surface area contributed by atoms with Gasteiger partial charge < -0.3 is 4.52 Å². The lowest BCUT2D eigenvalue weighted by atomic mass is 10.1. The van der Waals surface area contributed by atoms with Crippen molar-refractivity contribution in [2.24, 2.45) is 0 Å². The zero-order valence-electron chi connectivity index (χ0n) is 14.6. The van der Waals surface area contributed by atoms with Gasteiger partial charge in [-0.1, -0.05) is 35.5 Å². The molecule has 0 amide bonds. The number of anilines is 1. The summed E-state index contributed by atoms with van der Waals surface area (Å²) in [7, 11) is -4.16. The van der Waals surface area contributed by atoms with E-state index in [4.69, 9.17) is 4.52 Å². The van der Waals surface area contributed by atoms with Gasteiger partial charge in [0.15, 0.2) is 10.7 Å². The van der Waals surface area contributed by atoms with Crippen LogP contribution in [0.25, 0.3) is 0 Å². The second-order valence-electron chi connectivity index (χ2n) is 6.48. The van der Waals surface area contributed by atoms with E-state index in [1.54, 1.807) is 24.3 Å². The molecule has 0 bridgehead atoms. The summed E-state index contributed by atoms with van der Waals surface area (Å²) >= 11 is 0. The zero-order chi connectivity index (χ0) is 19.7. The summed E-state index contributed by atoms with van der Waals surface area (Å²) in [5.74, 6) is 1.41. The van der Waals surface area contributed by atoms with Gasteiger partial charge in [0.2, 0.25) is 5.89 Å². The number of nitro groups is 1. The Morgan fingerprint density at radius 2 is 1.86 bits per heavy atom. The van der Waals surface area contributed by atoms with Crippen LogP contribution in [0.5, 0.6) is 0 Å². The highest BCUT2D eigenvalue weighted by atomic mass is 32.2. The fourth-order valence-electron chi connectivity index (χ4n) is 2.82. The van der Waals surface area contributed by atoms with Crippen LogP contribution in [0.2, 0.25) is 0 Å². The van der Waals surface area contributed by atoms with Crippen molar-refractivity contribution in [3.8, 4) is 0 Å². The molecular formula is C18H16N4O5S. The fourth-order valence-corrected chi connectivity index (χ4v) is 4.09. The molecule has 4 rings (SSSR count). The second kappa shape index (κ2) is 7.04. The van der Waals surface area contributed by atoms with E-state index in [0.717, 1.165) is 18.9 Å². The molecule has 1 aliphatic rings. The largest absolute Gasteiger partial charge is 0.339 e. The first kappa shape index (κ1) is 18.1. The fraction of sp³-hybridized carbons (Fsp3) is 0.222. The van der Waals surface area contributed by atoms with Crippen LogP contribution < -0.4 is 4.72 Å². The zero-order valence-corrected chi connectivity index (χ0v) is 15.4. The average molecular weight is 400 g/mol. The van der Waals surface area contributed by atoms with Gasteiger partial charge in [-0.05, 0) is 30.5 Å². The van der Waals surface area contributed by atoms with Crippen LogP contribution >= 0.6 is 0 Å². The van der Waals surface area contributed by atoms with Crippen molar-refractivity contribution < 1.29 is 17.9 Å². The first-order valence-electron chi connectivity index (χ1n) is 8.60. The summed E-state index contributed by atoms with van der Waals surface area (Å²) < 4.78 is 33.2. The smallest absolute Gasteiger partial charge is 0.289 e. The topological polar surface area (TPSA) is 128 Å². The maximum Gasteiger partial charge on any atom is 0.289 e. The number of aromatic nitrogens is 2. The van der Waals surface area contributed by atoms with Crippen molar-refractivity contribution in [3.63, 3.8) is 0 Å². The van der Waals surface area contributed by atoms with E-state index in [1.807, 2.05) is 0 Å². The summed E-state index contributed by atoms with van der Waals surface area (Å²) in [4.78, 5) is 14.4. The molecule has 0 saturated heterocycles. The van der Waals surface area contributed by atoms with Crippen LogP contribution in [0.4, 0.5) is 11.4 Å². The standard InChI is InChI=1S/C18H16N4O5S/c23-22(24)15-7-3-4-8-16(15)28(25,26)21-14-6-2-1-5-13(14)11-17-19-18(20-27-17)12-9-10-12/h1-8,12,21H,9-11H2. The lowest BCUT2D eigenvalue weighted by molar-refractivity contribution is -0.387. The minimum atomic E-state index is -4.16. The first-order chi connectivity index (χ1) is 13.4. The van der Waals surface area contributed by atoms with Gasteiger partial charge in [-0.3, -0.25) is 14.8 Å². The number of benzene rings is 2. The third-order valence-electron chi connectivity index (χ3n) is 4.38. The number of para-hydroxylation sites is 2. The molecule has 9 nitrogen and oxygen atoms in total. The predicted octanol–water partition coefficient (Wildman–Crippen LogP) is 3.25. The highest BCUT2D eigenvalue weighted by Crippen LogP contribution is 2.38. The number of hydrogen-bond donors (Lipinski definition) is 1. The number of nitro benzene ring substituents is 1. The number of hydrogen-bond acceptors (Lipinski definition) is 7. The maximum atomic E-state index is 12.8. The lowest BCUT2D eigenvalue weighted by Gasteiger charge is -2.11. The summed E-state index contributed by atoms with van der Waals surface area (Å²) in [5.41, 5.74) is 0.431. The highest BCUT2D eigenvalue weighted by molar-refractivity contribution is 7.92. The third kappa shape index (κ3) is 3.72. The summed E-state index contributed by atoms with van der Waals surface area (Å²) in [6.07, 6.45) is 2.34. The Labute approximate surface area is 160 Å². The van der Waals surface area contributed by atoms with Crippen LogP contribution in [0.15, 0.2) is 57.9 Å². The molecule has 1 aliphatic carbocycles. The van der Waals surface area contributed by atoms with Gasteiger partial charge in [0.05, 0.1) is 17.0 Å². The molecule has 0 spiro atoms. The number of sulfonamides is 1. The molecule has 10 heteroatoms. The summed E-state index contributed by atoms with van der Waals surface area (Å²) in [6, 6.07) is 11.9. The van der Waals surface area contributed by atoms with Crippen molar-refractivity contribution in [2.75, 3.05) is 4.72 Å². The second-order valence-corrected chi connectivity index (χ2v) is 8.14. The Morgan fingerprint density at radius 3 is 2.61 bits per heavy atom. The average Bonchev–Trinajstić information content (AvgIpc) is 3.42. The van der Waals surface area contributed by atoms with Gasteiger partial charge in [0.1, 0.15) is 0 Å². The molecule has 0 unspecified atom stereocenters. The third-order valence-corrected chi connectivity index (χ3v) is 5.79. The van der Waals surface area contributed by atoms with Crippen molar-refractivity contribution in [2.45, 2.75) is 30.1 Å². The van der Waals surface area contributed by atoms with Gasteiger partial charge in [-0.25, -0.2) is 8.42 Å². The van der Waals surface area contributed by atoms with Gasteiger partial charge in [-0.15, -0.1) is 0 Å². The molecule has 0 aliphatic heterocycles. The molecule has 0 atom stereocenters. The first-order valence-corrected chi connectivity index (χ1v) is 10.1. The van der Waals surface area contributed by atoms with Gasteiger partial charge in [0.25, 0.3) is 15.7 Å². The normalized spacial score (nSPS) is 14.0. The lowest BCUT2D eigenvalue weighted by Crippen LogP contribution is -2.16. The molecule has 3 aromatic rings. The van der Waals surface area contributed by atoms with Crippen LogP contribution in [0, 0.1) is 10.1 Å².